The fourth-order valence-corrected chi connectivity index (χ4v) is 3.77. The number of ether oxygens (including phenoxy) is 1. The van der Waals surface area contributed by atoms with Crippen molar-refractivity contribution in [2.75, 3.05) is 33.4 Å². The average molecular weight is 460 g/mol. The second-order valence-corrected chi connectivity index (χ2v) is 8.29. The number of nitrogens with two attached hydrogens (primary N) is 2. The number of hydrogen-bond donors (Lipinski definition) is 3. The molecule has 3 rings (SSSR count). The molecule has 172 valence electrons. The van der Waals surface area contributed by atoms with Crippen LogP contribution in [0, 0.1) is 17.3 Å². The van der Waals surface area contributed by atoms with E-state index in [2.05, 4.69) is 16.8 Å². The highest BCUT2D eigenvalue weighted by Crippen LogP contribution is 2.21. The van der Waals surface area contributed by atoms with E-state index in [0.717, 1.165) is 5.56 Å². The highest BCUT2D eigenvalue weighted by Gasteiger charge is 2.29. The Morgan fingerprint density at radius 2 is 2.16 bits per heavy atom. The summed E-state index contributed by atoms with van der Waals surface area (Å²) in [5, 5.41) is 8.45. The summed E-state index contributed by atoms with van der Waals surface area (Å²) in [6.45, 7) is 4.37. The molecule has 0 spiro atoms. The first kappa shape index (κ1) is 24.2. The molecule has 0 saturated carbocycles. The van der Waals surface area contributed by atoms with Crippen molar-refractivity contribution in [2.45, 2.75) is 31.6 Å². The highest BCUT2D eigenvalue weighted by atomic mass is 32.2. The van der Waals surface area contributed by atoms with Gasteiger partial charge >= 0.3 is 0 Å². The van der Waals surface area contributed by atoms with Crippen LogP contribution in [0.5, 0.6) is 0 Å². The zero-order valence-electron chi connectivity index (χ0n) is 18.4. The fraction of sp³-hybridized carbons (Fsp3) is 0.455. The standard InChI is InChI=1S/C22H30FN7OS/c1-16-15-31-13-12-29(16)22(26)20(24)21(25)28(2)11-7-6-10-19-27-18(14-30(19)32-23)17-8-4-3-5-9-17/h3-5,8-9,14,16,20-21,26H,7,11-13,15,24-25H2,1-2H3/t16-,20?,21?/m1/s1. The third-order valence-corrected chi connectivity index (χ3v) is 5.90. The zero-order chi connectivity index (χ0) is 23.1. The minimum atomic E-state index is -0.622. The van der Waals surface area contributed by atoms with Crippen LogP contribution in [0.2, 0.25) is 0 Å². The molecule has 3 atom stereocenters. The molecule has 2 heterocycles. The van der Waals surface area contributed by atoms with Gasteiger partial charge in [-0.15, -0.1) is 3.89 Å². The smallest absolute Gasteiger partial charge is 0.198 e. The van der Waals surface area contributed by atoms with Gasteiger partial charge in [-0.2, -0.15) is 0 Å². The number of nitrogens with zero attached hydrogens (tertiary/aromatic N) is 4. The molecule has 32 heavy (non-hydrogen) atoms. The molecule has 2 unspecified atom stereocenters. The number of likely N-dealkylation sites (N-methyl/N-ethyl adjacent to an activating group) is 1. The van der Waals surface area contributed by atoms with Gasteiger partial charge in [0.15, 0.2) is 18.2 Å². The predicted molar refractivity (Wildman–Crippen MR) is 127 cm³/mol. The van der Waals surface area contributed by atoms with Crippen molar-refractivity contribution < 1.29 is 8.62 Å². The Bertz CT molecular complexity index is 958. The molecule has 1 aliphatic rings. The van der Waals surface area contributed by atoms with Crippen molar-refractivity contribution in [2.24, 2.45) is 11.5 Å². The number of benzene rings is 1. The normalized spacial score (nSPS) is 18.2. The summed E-state index contributed by atoms with van der Waals surface area (Å²) in [5.74, 6) is 6.64. The third-order valence-electron chi connectivity index (χ3n) is 5.48. The lowest BCUT2D eigenvalue weighted by atomic mass is 10.1. The van der Waals surface area contributed by atoms with Crippen molar-refractivity contribution in [3.63, 3.8) is 0 Å². The summed E-state index contributed by atoms with van der Waals surface area (Å²) in [4.78, 5) is 8.26. The first-order valence-corrected chi connectivity index (χ1v) is 11.2. The zero-order valence-corrected chi connectivity index (χ0v) is 19.2. The second-order valence-electron chi connectivity index (χ2n) is 7.76. The number of morpholine rings is 1. The van der Waals surface area contributed by atoms with Gasteiger partial charge in [-0.3, -0.25) is 10.3 Å². The molecular weight excluding hydrogens is 429 g/mol. The number of rotatable bonds is 7. The molecule has 8 nitrogen and oxygen atoms in total. The monoisotopic (exact) mass is 459 g/mol. The van der Waals surface area contributed by atoms with Gasteiger partial charge in [-0.25, -0.2) is 8.96 Å². The van der Waals surface area contributed by atoms with Crippen LogP contribution >= 0.6 is 12.3 Å². The van der Waals surface area contributed by atoms with Crippen LogP contribution in [0.25, 0.3) is 11.3 Å². The van der Waals surface area contributed by atoms with Crippen LogP contribution < -0.4 is 11.5 Å². The first-order valence-electron chi connectivity index (χ1n) is 10.5. The van der Waals surface area contributed by atoms with Crippen molar-refractivity contribution in [3.8, 4) is 23.1 Å². The minimum absolute atomic E-state index is 0.0685. The maximum atomic E-state index is 13.3. The number of amidine groups is 1. The number of nitrogens with one attached hydrogen (secondary N) is 1. The summed E-state index contributed by atoms with van der Waals surface area (Å²) < 4.78 is 20.0. The molecule has 10 heteroatoms. The lowest BCUT2D eigenvalue weighted by molar-refractivity contribution is 0.0304. The van der Waals surface area contributed by atoms with E-state index in [1.54, 1.807) is 6.20 Å². The predicted octanol–water partition coefficient (Wildman–Crippen LogP) is 1.91. The Balaban J connectivity index is 1.56. The van der Waals surface area contributed by atoms with Crippen LogP contribution in [0.3, 0.4) is 0 Å². The largest absolute Gasteiger partial charge is 0.377 e. The van der Waals surface area contributed by atoms with E-state index in [1.165, 1.54) is 3.97 Å². The molecular formula is C22H30FN7OS. The van der Waals surface area contributed by atoms with Gasteiger partial charge in [0.2, 0.25) is 0 Å². The van der Waals surface area contributed by atoms with Gasteiger partial charge in [0.25, 0.3) is 0 Å². The summed E-state index contributed by atoms with van der Waals surface area (Å²) in [7, 11) is 1.86. The van der Waals surface area contributed by atoms with Crippen LogP contribution in [-0.2, 0) is 4.74 Å². The van der Waals surface area contributed by atoms with E-state index in [4.69, 9.17) is 21.6 Å². The van der Waals surface area contributed by atoms with Gasteiger partial charge in [0, 0.05) is 31.3 Å². The Labute approximate surface area is 193 Å². The van der Waals surface area contributed by atoms with Crippen LogP contribution in [0.15, 0.2) is 36.5 Å². The SMILES string of the molecule is C[C@@H]1COCCN1C(=N)C(N)C(N)N(C)CCC#Cc1nc(-c2ccccc2)cn1SF. The highest BCUT2D eigenvalue weighted by molar-refractivity contribution is 7.92. The topological polar surface area (TPSA) is 109 Å². The number of halogens is 1. The average Bonchev–Trinajstić information content (AvgIpc) is 3.24. The van der Waals surface area contributed by atoms with Crippen LogP contribution in [0.1, 0.15) is 19.2 Å². The van der Waals surface area contributed by atoms with Gasteiger partial charge in [0.05, 0.1) is 37.2 Å². The molecule has 0 bridgehead atoms. The summed E-state index contributed by atoms with van der Waals surface area (Å²) in [6, 6.07) is 9.05. The van der Waals surface area contributed by atoms with Crippen molar-refractivity contribution in [3.05, 3.63) is 42.4 Å². The summed E-state index contributed by atoms with van der Waals surface area (Å²) >= 11 is 0.0685. The van der Waals surface area contributed by atoms with E-state index < -0.39 is 12.2 Å². The third kappa shape index (κ3) is 5.88. The van der Waals surface area contributed by atoms with E-state index in [1.807, 2.05) is 54.1 Å². The lowest BCUT2D eigenvalue weighted by Crippen LogP contribution is -2.61. The minimum Gasteiger partial charge on any atom is -0.377 e. The molecule has 1 aliphatic heterocycles. The quantitative estimate of drug-likeness (QED) is 0.251. The number of hydrogen-bond acceptors (Lipinski definition) is 7. The molecule has 1 fully saturated rings. The molecule has 5 N–H and O–H groups in total. The molecule has 0 aliphatic carbocycles. The van der Waals surface area contributed by atoms with Gasteiger partial charge < -0.3 is 21.1 Å². The van der Waals surface area contributed by atoms with E-state index in [0.29, 0.717) is 50.1 Å². The van der Waals surface area contributed by atoms with Crippen molar-refractivity contribution >= 4 is 18.2 Å². The summed E-state index contributed by atoms with van der Waals surface area (Å²) in [6.07, 6.45) is 1.61. The maximum Gasteiger partial charge on any atom is 0.198 e. The Kier molecular flexibility index (Phi) is 8.67. The second kappa shape index (κ2) is 11.4. The van der Waals surface area contributed by atoms with Crippen molar-refractivity contribution in [1.29, 1.82) is 5.41 Å². The van der Waals surface area contributed by atoms with Crippen LogP contribution in [-0.4, -0.2) is 76.2 Å². The Morgan fingerprint density at radius 3 is 2.84 bits per heavy atom. The number of aromatic nitrogens is 2. The summed E-state index contributed by atoms with van der Waals surface area (Å²) in [5.41, 5.74) is 14.2. The van der Waals surface area contributed by atoms with E-state index >= 15 is 0 Å². The van der Waals surface area contributed by atoms with E-state index in [9.17, 15) is 3.89 Å². The molecule has 1 aromatic carbocycles. The molecule has 2 aromatic rings. The molecule has 1 saturated heterocycles. The number of imidazole rings is 1. The molecule has 0 amide bonds. The van der Waals surface area contributed by atoms with Gasteiger partial charge in [-0.05, 0) is 19.9 Å². The van der Waals surface area contributed by atoms with Crippen LogP contribution in [0.4, 0.5) is 3.89 Å². The molecule has 0 radical (unpaired) electrons. The maximum absolute atomic E-state index is 13.3. The molecule has 1 aromatic heterocycles. The van der Waals surface area contributed by atoms with E-state index in [-0.39, 0.29) is 18.4 Å². The Hall–Kier alpha value is -2.42. The Morgan fingerprint density at radius 1 is 1.41 bits per heavy atom. The van der Waals surface area contributed by atoms with Gasteiger partial charge in [-0.1, -0.05) is 36.3 Å². The first-order chi connectivity index (χ1) is 15.4. The van der Waals surface area contributed by atoms with Gasteiger partial charge in [0.1, 0.15) is 5.84 Å². The fourth-order valence-electron chi connectivity index (χ4n) is 3.48. The lowest BCUT2D eigenvalue weighted by Gasteiger charge is -2.39. The van der Waals surface area contributed by atoms with Crippen molar-refractivity contribution in [1.82, 2.24) is 18.8 Å².